The van der Waals surface area contributed by atoms with Crippen molar-refractivity contribution in [3.63, 3.8) is 0 Å². The summed E-state index contributed by atoms with van der Waals surface area (Å²) in [6.45, 7) is 0. The molecule has 0 radical (unpaired) electrons. The fourth-order valence-corrected chi connectivity index (χ4v) is 2.99. The highest BCUT2D eigenvalue weighted by Gasteiger charge is 2.39. The first-order valence-corrected chi connectivity index (χ1v) is 8.30. The van der Waals surface area contributed by atoms with Crippen LogP contribution in [-0.2, 0) is 21.3 Å². The van der Waals surface area contributed by atoms with E-state index in [-0.39, 0.29) is 18.2 Å². The predicted octanol–water partition coefficient (Wildman–Crippen LogP) is 1.28. The standard InChI is InChI=1S/C13H16N4O3S.ClH/c14-13(5-2-6-13)12-16-11(20-17-12)10-4-1-3-9(7-10)8-21(15,18)19;/h1,3-4,7H,2,5-6,8,14H2,(H2,15,18,19);1H. The van der Waals surface area contributed by atoms with Gasteiger partial charge in [0, 0.05) is 5.56 Å². The summed E-state index contributed by atoms with van der Waals surface area (Å²) >= 11 is 0. The smallest absolute Gasteiger partial charge is 0.258 e. The average Bonchev–Trinajstić information content (AvgIpc) is 2.84. The van der Waals surface area contributed by atoms with Crippen molar-refractivity contribution < 1.29 is 12.9 Å². The van der Waals surface area contributed by atoms with Gasteiger partial charge in [-0.2, -0.15) is 4.98 Å². The lowest BCUT2D eigenvalue weighted by Crippen LogP contribution is -2.44. The molecule has 0 bridgehead atoms. The Balaban J connectivity index is 0.00000176. The van der Waals surface area contributed by atoms with Crippen molar-refractivity contribution in [3.8, 4) is 11.5 Å². The van der Waals surface area contributed by atoms with Crippen molar-refractivity contribution in [2.24, 2.45) is 10.9 Å². The number of nitrogens with zero attached hydrogens (tertiary/aromatic N) is 2. The lowest BCUT2D eigenvalue weighted by Gasteiger charge is -2.34. The normalized spacial score (nSPS) is 16.6. The van der Waals surface area contributed by atoms with Crippen molar-refractivity contribution in [1.82, 2.24) is 10.1 Å². The third kappa shape index (κ3) is 3.46. The molecule has 9 heteroatoms. The summed E-state index contributed by atoms with van der Waals surface area (Å²) in [5.41, 5.74) is 6.88. The molecule has 0 amide bonds. The van der Waals surface area contributed by atoms with Gasteiger partial charge < -0.3 is 10.3 Å². The van der Waals surface area contributed by atoms with E-state index in [0.29, 0.717) is 22.8 Å². The second-order valence-electron chi connectivity index (χ2n) is 5.44. The number of nitrogens with two attached hydrogens (primary N) is 2. The van der Waals surface area contributed by atoms with Crippen LogP contribution in [0.3, 0.4) is 0 Å². The lowest BCUT2D eigenvalue weighted by atomic mass is 9.77. The molecule has 1 aromatic heterocycles. The Labute approximate surface area is 134 Å². The Morgan fingerprint density at radius 2 is 2.05 bits per heavy atom. The van der Waals surface area contributed by atoms with Crippen LogP contribution in [0.25, 0.3) is 11.5 Å². The first-order chi connectivity index (χ1) is 9.86. The van der Waals surface area contributed by atoms with Gasteiger partial charge in [0.15, 0.2) is 5.82 Å². The van der Waals surface area contributed by atoms with Gasteiger partial charge in [0.25, 0.3) is 5.89 Å². The number of hydrogen-bond acceptors (Lipinski definition) is 6. The molecule has 2 aromatic rings. The molecular formula is C13H17ClN4O3S. The van der Waals surface area contributed by atoms with Crippen molar-refractivity contribution in [3.05, 3.63) is 35.7 Å². The van der Waals surface area contributed by atoms with E-state index in [9.17, 15) is 8.42 Å². The molecule has 1 aromatic carbocycles. The van der Waals surface area contributed by atoms with Gasteiger partial charge >= 0.3 is 0 Å². The Morgan fingerprint density at radius 1 is 1.32 bits per heavy atom. The first kappa shape index (κ1) is 16.9. The van der Waals surface area contributed by atoms with E-state index in [1.54, 1.807) is 24.3 Å². The van der Waals surface area contributed by atoms with Gasteiger partial charge in [-0.15, -0.1) is 12.4 Å². The second kappa shape index (κ2) is 5.96. The molecule has 0 saturated heterocycles. The lowest BCUT2D eigenvalue weighted by molar-refractivity contribution is 0.229. The predicted molar refractivity (Wildman–Crippen MR) is 83.5 cm³/mol. The first-order valence-electron chi connectivity index (χ1n) is 6.59. The van der Waals surface area contributed by atoms with Gasteiger partial charge in [-0.25, -0.2) is 13.6 Å². The van der Waals surface area contributed by atoms with E-state index in [1.807, 2.05) is 0 Å². The van der Waals surface area contributed by atoms with Crippen LogP contribution in [0.1, 0.15) is 30.7 Å². The maximum absolute atomic E-state index is 11.1. The molecule has 1 fully saturated rings. The molecule has 0 spiro atoms. The summed E-state index contributed by atoms with van der Waals surface area (Å²) in [4.78, 5) is 4.33. The van der Waals surface area contributed by atoms with Crippen LogP contribution < -0.4 is 10.9 Å². The van der Waals surface area contributed by atoms with Crippen LogP contribution in [-0.4, -0.2) is 18.6 Å². The Kier molecular flexibility index (Phi) is 4.57. The number of aromatic nitrogens is 2. The van der Waals surface area contributed by atoms with Crippen molar-refractivity contribution in [2.45, 2.75) is 30.6 Å². The second-order valence-corrected chi connectivity index (χ2v) is 7.05. The molecular weight excluding hydrogens is 328 g/mol. The molecule has 1 saturated carbocycles. The monoisotopic (exact) mass is 344 g/mol. The highest BCUT2D eigenvalue weighted by molar-refractivity contribution is 7.88. The van der Waals surface area contributed by atoms with E-state index in [2.05, 4.69) is 10.1 Å². The SMILES string of the molecule is Cl.NC1(c2noc(-c3cccc(CS(N)(=O)=O)c3)n2)CCC1. The van der Waals surface area contributed by atoms with Crippen LogP contribution in [0, 0.1) is 0 Å². The maximum Gasteiger partial charge on any atom is 0.258 e. The average molecular weight is 345 g/mol. The molecule has 1 aliphatic carbocycles. The molecule has 0 aliphatic heterocycles. The number of sulfonamides is 1. The number of primary sulfonamides is 1. The quantitative estimate of drug-likeness (QED) is 0.860. The van der Waals surface area contributed by atoms with E-state index in [4.69, 9.17) is 15.4 Å². The summed E-state index contributed by atoms with van der Waals surface area (Å²) in [6.07, 6.45) is 2.75. The van der Waals surface area contributed by atoms with Crippen LogP contribution in [0.15, 0.2) is 28.8 Å². The Bertz CT molecular complexity index is 771. The molecule has 0 atom stereocenters. The largest absolute Gasteiger partial charge is 0.334 e. The van der Waals surface area contributed by atoms with Crippen LogP contribution in [0.5, 0.6) is 0 Å². The highest BCUT2D eigenvalue weighted by Crippen LogP contribution is 2.37. The van der Waals surface area contributed by atoms with E-state index in [0.717, 1.165) is 19.3 Å². The van der Waals surface area contributed by atoms with Crippen LogP contribution in [0.4, 0.5) is 0 Å². The summed E-state index contributed by atoms with van der Waals surface area (Å²) in [6, 6.07) is 6.85. The van der Waals surface area contributed by atoms with Crippen LogP contribution >= 0.6 is 12.4 Å². The minimum atomic E-state index is -3.58. The third-order valence-electron chi connectivity index (χ3n) is 3.66. The third-order valence-corrected chi connectivity index (χ3v) is 4.39. The number of hydrogen-bond donors (Lipinski definition) is 2. The van der Waals surface area contributed by atoms with E-state index in [1.165, 1.54) is 0 Å². The number of benzene rings is 1. The molecule has 120 valence electrons. The molecule has 0 unspecified atom stereocenters. The Morgan fingerprint density at radius 3 is 2.64 bits per heavy atom. The minimum Gasteiger partial charge on any atom is -0.334 e. The van der Waals surface area contributed by atoms with E-state index < -0.39 is 15.6 Å². The molecule has 7 nitrogen and oxygen atoms in total. The molecule has 1 heterocycles. The fourth-order valence-electron chi connectivity index (χ4n) is 2.35. The minimum absolute atomic E-state index is 0. The van der Waals surface area contributed by atoms with Gasteiger partial charge in [0.1, 0.15) is 0 Å². The van der Waals surface area contributed by atoms with Crippen molar-refractivity contribution in [1.29, 1.82) is 0 Å². The van der Waals surface area contributed by atoms with Gasteiger partial charge in [-0.3, -0.25) is 0 Å². The Hall–Kier alpha value is -1.48. The van der Waals surface area contributed by atoms with Gasteiger partial charge in [0.2, 0.25) is 10.0 Å². The number of halogens is 1. The van der Waals surface area contributed by atoms with E-state index >= 15 is 0 Å². The van der Waals surface area contributed by atoms with Gasteiger partial charge in [-0.1, -0.05) is 17.3 Å². The number of rotatable bonds is 4. The topological polar surface area (TPSA) is 125 Å². The zero-order chi connectivity index (χ0) is 15.1. The van der Waals surface area contributed by atoms with Crippen molar-refractivity contribution in [2.75, 3.05) is 0 Å². The van der Waals surface area contributed by atoms with Crippen molar-refractivity contribution >= 4 is 22.4 Å². The maximum atomic E-state index is 11.1. The molecule has 3 rings (SSSR count). The van der Waals surface area contributed by atoms with Gasteiger partial charge in [-0.05, 0) is 37.0 Å². The summed E-state index contributed by atoms with van der Waals surface area (Å²) in [7, 11) is -3.58. The fraction of sp³-hybridized carbons (Fsp3) is 0.385. The summed E-state index contributed by atoms with van der Waals surface area (Å²) < 4.78 is 27.5. The molecule has 1 aliphatic rings. The highest BCUT2D eigenvalue weighted by atomic mass is 35.5. The zero-order valence-electron chi connectivity index (χ0n) is 11.7. The summed E-state index contributed by atoms with van der Waals surface area (Å²) in [5, 5.41) is 8.98. The molecule has 4 N–H and O–H groups in total. The summed E-state index contributed by atoms with van der Waals surface area (Å²) in [5.74, 6) is 0.599. The molecule has 22 heavy (non-hydrogen) atoms. The zero-order valence-corrected chi connectivity index (χ0v) is 13.4. The van der Waals surface area contributed by atoms with Gasteiger partial charge in [0.05, 0.1) is 11.3 Å². The van der Waals surface area contributed by atoms with Crippen LogP contribution in [0.2, 0.25) is 0 Å².